The van der Waals surface area contributed by atoms with E-state index in [1.165, 1.54) is 40.0 Å². The monoisotopic (exact) mass is 416 g/mol. The average Bonchev–Trinajstić information content (AvgIpc) is 3.28. The van der Waals surface area contributed by atoms with Gasteiger partial charge in [-0.25, -0.2) is 4.98 Å². The zero-order valence-corrected chi connectivity index (χ0v) is 17.8. The van der Waals surface area contributed by atoms with Crippen molar-refractivity contribution in [1.82, 2.24) is 4.98 Å². The zero-order valence-electron chi connectivity index (χ0n) is 15.4. The van der Waals surface area contributed by atoms with Crippen LogP contribution in [0.2, 0.25) is 0 Å². The van der Waals surface area contributed by atoms with E-state index in [1.54, 1.807) is 0 Å². The predicted molar refractivity (Wildman–Crippen MR) is 114 cm³/mol. The highest BCUT2D eigenvalue weighted by Crippen LogP contribution is 2.25. The number of ketones is 1. The van der Waals surface area contributed by atoms with Crippen LogP contribution in [0.25, 0.3) is 0 Å². The van der Waals surface area contributed by atoms with E-state index in [-0.39, 0.29) is 18.1 Å². The van der Waals surface area contributed by atoms with Crippen LogP contribution in [-0.2, 0) is 11.2 Å². The lowest BCUT2D eigenvalue weighted by Crippen LogP contribution is -2.16. The van der Waals surface area contributed by atoms with Crippen molar-refractivity contribution in [3.63, 3.8) is 0 Å². The Hall–Kier alpha value is -1.96. The molecular weight excluding hydrogens is 396 g/mol. The Labute approximate surface area is 171 Å². The molecule has 2 aromatic heterocycles. The fourth-order valence-electron chi connectivity index (χ4n) is 2.80. The lowest BCUT2D eigenvalue weighted by molar-refractivity contribution is -0.115. The SMILES string of the molecule is Cc1cc(C)c(NC(=O)Cc2csc(SCC(=O)c3cccs3)n2)c(C)c1. The maximum absolute atomic E-state index is 12.4. The maximum Gasteiger partial charge on any atom is 0.230 e. The number of nitrogens with zero attached hydrogens (tertiary/aromatic N) is 1. The zero-order chi connectivity index (χ0) is 19.4. The average molecular weight is 417 g/mol. The van der Waals surface area contributed by atoms with E-state index in [0.29, 0.717) is 5.75 Å². The van der Waals surface area contributed by atoms with Crippen molar-refractivity contribution in [1.29, 1.82) is 0 Å². The summed E-state index contributed by atoms with van der Waals surface area (Å²) in [6.07, 6.45) is 0.225. The van der Waals surface area contributed by atoms with Crippen molar-refractivity contribution in [2.75, 3.05) is 11.1 Å². The summed E-state index contributed by atoms with van der Waals surface area (Å²) in [7, 11) is 0. The number of nitrogens with one attached hydrogen (secondary N) is 1. The molecule has 140 valence electrons. The molecule has 2 heterocycles. The summed E-state index contributed by atoms with van der Waals surface area (Å²) in [5, 5.41) is 6.78. The molecule has 0 aliphatic rings. The number of aromatic nitrogens is 1. The summed E-state index contributed by atoms with van der Waals surface area (Å²) in [5.74, 6) is 0.387. The Bertz CT molecular complexity index is 939. The molecule has 0 radical (unpaired) electrons. The molecule has 3 aromatic rings. The van der Waals surface area contributed by atoms with Crippen LogP contribution in [0, 0.1) is 20.8 Å². The molecule has 3 rings (SSSR count). The van der Waals surface area contributed by atoms with E-state index in [0.717, 1.165) is 31.7 Å². The lowest BCUT2D eigenvalue weighted by atomic mass is 10.0. The highest BCUT2D eigenvalue weighted by molar-refractivity contribution is 8.01. The van der Waals surface area contributed by atoms with Crippen molar-refractivity contribution in [2.24, 2.45) is 0 Å². The molecule has 1 amide bonds. The molecule has 0 saturated heterocycles. The molecule has 1 N–H and O–H groups in total. The van der Waals surface area contributed by atoms with Crippen LogP contribution >= 0.6 is 34.4 Å². The standard InChI is InChI=1S/C20H20N2O2S3/c1-12-7-13(2)19(14(3)8-12)22-18(24)9-15-10-26-20(21-15)27-11-16(23)17-5-4-6-25-17/h4-8,10H,9,11H2,1-3H3,(H,22,24). The number of Topliss-reactive ketones (excluding diaryl/α,β-unsaturated/α-hetero) is 1. The fraction of sp³-hybridized carbons (Fsp3) is 0.250. The number of thiazole rings is 1. The molecule has 0 spiro atoms. The first-order valence-corrected chi connectivity index (χ1v) is 11.2. The fourth-order valence-corrected chi connectivity index (χ4v) is 5.28. The smallest absolute Gasteiger partial charge is 0.230 e. The molecular formula is C20H20N2O2S3. The largest absolute Gasteiger partial charge is 0.325 e. The van der Waals surface area contributed by atoms with Gasteiger partial charge in [-0.15, -0.1) is 22.7 Å². The minimum absolute atomic E-state index is 0.0819. The van der Waals surface area contributed by atoms with Gasteiger partial charge in [0.05, 0.1) is 22.7 Å². The van der Waals surface area contributed by atoms with Gasteiger partial charge in [-0.1, -0.05) is 35.5 Å². The topological polar surface area (TPSA) is 59.1 Å². The van der Waals surface area contributed by atoms with E-state index in [9.17, 15) is 9.59 Å². The maximum atomic E-state index is 12.4. The second-order valence-corrected chi connectivity index (χ2v) is 9.32. The predicted octanol–water partition coefficient (Wildman–Crippen LogP) is 5.29. The minimum atomic E-state index is -0.0819. The number of hydrogen-bond donors (Lipinski definition) is 1. The van der Waals surface area contributed by atoms with Gasteiger partial charge in [0.2, 0.25) is 5.91 Å². The highest BCUT2D eigenvalue weighted by atomic mass is 32.2. The normalized spacial score (nSPS) is 10.8. The number of carbonyl (C=O) groups is 2. The molecule has 0 fully saturated rings. The molecule has 4 nitrogen and oxygen atoms in total. The van der Waals surface area contributed by atoms with Crippen molar-refractivity contribution >= 4 is 51.8 Å². The van der Waals surface area contributed by atoms with Gasteiger partial charge in [0, 0.05) is 11.1 Å². The molecule has 0 atom stereocenters. The summed E-state index contributed by atoms with van der Waals surface area (Å²) in [4.78, 5) is 29.7. The second-order valence-electron chi connectivity index (χ2n) is 6.29. The molecule has 0 aliphatic heterocycles. The Morgan fingerprint density at radius 3 is 2.56 bits per heavy atom. The van der Waals surface area contributed by atoms with Gasteiger partial charge in [0.15, 0.2) is 10.1 Å². The molecule has 27 heavy (non-hydrogen) atoms. The Morgan fingerprint density at radius 1 is 1.15 bits per heavy atom. The molecule has 7 heteroatoms. The number of thiophene rings is 1. The van der Waals surface area contributed by atoms with Crippen molar-refractivity contribution in [3.05, 3.63) is 62.3 Å². The van der Waals surface area contributed by atoms with Crippen molar-refractivity contribution in [2.45, 2.75) is 31.5 Å². The number of anilines is 1. The molecule has 1 aromatic carbocycles. The van der Waals surface area contributed by atoms with Gasteiger partial charge >= 0.3 is 0 Å². The van der Waals surface area contributed by atoms with Crippen LogP contribution in [0.1, 0.15) is 32.1 Å². The third kappa shape index (κ3) is 5.28. The Kier molecular flexibility index (Phi) is 6.46. The third-order valence-corrected chi connectivity index (χ3v) is 6.92. The van der Waals surface area contributed by atoms with E-state index in [2.05, 4.69) is 22.4 Å². The molecule has 0 aliphatic carbocycles. The van der Waals surface area contributed by atoms with Crippen LogP contribution in [0.15, 0.2) is 39.4 Å². The molecule has 0 unspecified atom stereocenters. The highest BCUT2D eigenvalue weighted by Gasteiger charge is 2.13. The van der Waals surface area contributed by atoms with Gasteiger partial charge in [-0.3, -0.25) is 9.59 Å². The summed E-state index contributed by atoms with van der Waals surface area (Å²) in [6, 6.07) is 7.83. The van der Waals surface area contributed by atoms with Gasteiger partial charge in [-0.2, -0.15) is 0 Å². The number of carbonyl (C=O) groups excluding carboxylic acids is 2. The number of aryl methyl sites for hydroxylation is 3. The van der Waals surface area contributed by atoms with E-state index in [4.69, 9.17) is 0 Å². The minimum Gasteiger partial charge on any atom is -0.325 e. The van der Waals surface area contributed by atoms with Gasteiger partial charge in [0.1, 0.15) is 0 Å². The van der Waals surface area contributed by atoms with Crippen LogP contribution in [0.4, 0.5) is 5.69 Å². The van der Waals surface area contributed by atoms with Crippen molar-refractivity contribution < 1.29 is 9.59 Å². The molecule has 0 saturated carbocycles. The number of amides is 1. The number of rotatable bonds is 7. The van der Waals surface area contributed by atoms with E-state index in [1.807, 2.05) is 43.7 Å². The summed E-state index contributed by atoms with van der Waals surface area (Å²) in [6.45, 7) is 6.04. The van der Waals surface area contributed by atoms with Crippen LogP contribution < -0.4 is 5.32 Å². The summed E-state index contributed by atoms with van der Waals surface area (Å²) in [5.41, 5.74) is 4.90. The summed E-state index contributed by atoms with van der Waals surface area (Å²) < 4.78 is 0.811. The number of hydrogen-bond acceptors (Lipinski definition) is 6. The third-order valence-electron chi connectivity index (χ3n) is 3.94. The first-order valence-electron chi connectivity index (χ1n) is 8.44. The molecule has 0 bridgehead atoms. The number of benzene rings is 1. The van der Waals surface area contributed by atoms with E-state index < -0.39 is 0 Å². The van der Waals surface area contributed by atoms with Crippen LogP contribution in [-0.4, -0.2) is 22.4 Å². The van der Waals surface area contributed by atoms with Gasteiger partial charge in [-0.05, 0) is 43.3 Å². The summed E-state index contributed by atoms with van der Waals surface area (Å²) >= 11 is 4.34. The first kappa shape index (κ1) is 19.8. The van der Waals surface area contributed by atoms with Gasteiger partial charge < -0.3 is 5.32 Å². The van der Waals surface area contributed by atoms with Gasteiger partial charge in [0.25, 0.3) is 0 Å². The Morgan fingerprint density at radius 2 is 1.89 bits per heavy atom. The van der Waals surface area contributed by atoms with Crippen LogP contribution in [0.5, 0.6) is 0 Å². The first-order chi connectivity index (χ1) is 12.9. The number of thioether (sulfide) groups is 1. The van der Waals surface area contributed by atoms with E-state index >= 15 is 0 Å². The quantitative estimate of drug-likeness (QED) is 0.420. The van der Waals surface area contributed by atoms with Crippen LogP contribution in [0.3, 0.4) is 0 Å². The second kappa shape index (κ2) is 8.82. The van der Waals surface area contributed by atoms with Crippen molar-refractivity contribution in [3.8, 4) is 0 Å². The lowest BCUT2D eigenvalue weighted by Gasteiger charge is -2.12. The Balaban J connectivity index is 1.56.